The van der Waals surface area contributed by atoms with Crippen molar-refractivity contribution in [3.05, 3.63) is 21.9 Å². The fourth-order valence-electron chi connectivity index (χ4n) is 1.20. The molecule has 0 bridgehead atoms. The zero-order chi connectivity index (χ0) is 10.9. The van der Waals surface area contributed by atoms with Crippen molar-refractivity contribution in [3.63, 3.8) is 0 Å². The molecule has 0 saturated carbocycles. The van der Waals surface area contributed by atoms with Gasteiger partial charge in [0.1, 0.15) is 0 Å². The average molecular weight is 282 g/mol. The van der Waals surface area contributed by atoms with Crippen molar-refractivity contribution in [1.29, 1.82) is 0 Å². The molecule has 1 aromatic rings. The van der Waals surface area contributed by atoms with Gasteiger partial charge in [0.25, 0.3) is 0 Å². The van der Waals surface area contributed by atoms with Crippen molar-refractivity contribution in [2.45, 2.75) is 19.9 Å². The van der Waals surface area contributed by atoms with E-state index in [0.29, 0.717) is 6.61 Å². The minimum absolute atomic E-state index is 0. The number of aryl methyl sites for hydroxylation is 1. The average Bonchev–Trinajstić information content (AvgIpc) is 2.63. The predicted molar refractivity (Wildman–Crippen MR) is 77.0 cm³/mol. The molecule has 2 nitrogen and oxygen atoms in total. The van der Waals surface area contributed by atoms with Gasteiger partial charge in [-0.1, -0.05) is 0 Å². The molecule has 0 unspecified atom stereocenters. The number of halogens is 1. The molecule has 0 radical (unpaired) electrons. The van der Waals surface area contributed by atoms with Crippen molar-refractivity contribution in [2.24, 2.45) is 0 Å². The minimum Gasteiger partial charge on any atom is -0.396 e. The van der Waals surface area contributed by atoms with Gasteiger partial charge in [-0.2, -0.15) is 11.8 Å². The first kappa shape index (κ1) is 16.3. The summed E-state index contributed by atoms with van der Waals surface area (Å²) in [6, 6.07) is 2.16. The second kappa shape index (κ2) is 10.4. The molecule has 1 heterocycles. The fourth-order valence-corrected chi connectivity index (χ4v) is 2.90. The maximum atomic E-state index is 8.60. The van der Waals surface area contributed by atoms with E-state index in [0.717, 1.165) is 31.0 Å². The topological polar surface area (TPSA) is 32.3 Å². The van der Waals surface area contributed by atoms with Crippen LogP contribution in [0.1, 0.15) is 16.9 Å². The van der Waals surface area contributed by atoms with Crippen LogP contribution in [0, 0.1) is 6.92 Å². The SMILES string of the molecule is Cc1ccsc1CNCCSCCCO.Cl. The third kappa shape index (κ3) is 6.76. The van der Waals surface area contributed by atoms with Gasteiger partial charge < -0.3 is 10.4 Å². The molecule has 2 N–H and O–H groups in total. The molecular formula is C11H20ClNOS2. The highest BCUT2D eigenvalue weighted by Crippen LogP contribution is 2.14. The van der Waals surface area contributed by atoms with E-state index in [-0.39, 0.29) is 12.4 Å². The summed E-state index contributed by atoms with van der Waals surface area (Å²) in [5.41, 5.74) is 1.39. The summed E-state index contributed by atoms with van der Waals surface area (Å²) in [6.45, 7) is 4.51. The van der Waals surface area contributed by atoms with Crippen LogP contribution in [0.2, 0.25) is 0 Å². The molecular weight excluding hydrogens is 262 g/mol. The standard InChI is InChI=1S/C11H19NOS2.ClH/c1-10-3-7-15-11(10)9-12-4-8-14-6-2-5-13;/h3,7,12-13H,2,4-6,8-9H2,1H3;1H. The third-order valence-electron chi connectivity index (χ3n) is 2.12. The molecule has 0 aliphatic rings. The van der Waals surface area contributed by atoms with Crippen LogP contribution in [0.25, 0.3) is 0 Å². The molecule has 1 rings (SSSR count). The van der Waals surface area contributed by atoms with Crippen LogP contribution in [-0.4, -0.2) is 29.8 Å². The quantitative estimate of drug-likeness (QED) is 0.719. The summed E-state index contributed by atoms with van der Waals surface area (Å²) in [7, 11) is 0. The van der Waals surface area contributed by atoms with Crippen LogP contribution in [0.5, 0.6) is 0 Å². The highest BCUT2D eigenvalue weighted by molar-refractivity contribution is 7.99. The predicted octanol–water partition coefficient (Wildman–Crippen LogP) is 2.68. The largest absolute Gasteiger partial charge is 0.396 e. The van der Waals surface area contributed by atoms with E-state index >= 15 is 0 Å². The summed E-state index contributed by atoms with van der Waals surface area (Å²) in [5.74, 6) is 2.20. The lowest BCUT2D eigenvalue weighted by Crippen LogP contribution is -2.16. The molecule has 1 aromatic heterocycles. The molecule has 94 valence electrons. The Kier molecular flexibility index (Phi) is 10.6. The summed E-state index contributed by atoms with van der Waals surface area (Å²) in [6.07, 6.45) is 0.911. The molecule has 16 heavy (non-hydrogen) atoms. The fraction of sp³-hybridized carbons (Fsp3) is 0.636. The molecule has 0 fully saturated rings. The highest BCUT2D eigenvalue weighted by Gasteiger charge is 1.98. The first-order valence-corrected chi connectivity index (χ1v) is 7.30. The van der Waals surface area contributed by atoms with Crippen molar-refractivity contribution >= 4 is 35.5 Å². The zero-order valence-corrected chi connectivity index (χ0v) is 12.0. The lowest BCUT2D eigenvalue weighted by atomic mass is 10.3. The van der Waals surface area contributed by atoms with E-state index in [1.54, 1.807) is 0 Å². The van der Waals surface area contributed by atoms with Crippen LogP contribution in [0.15, 0.2) is 11.4 Å². The van der Waals surface area contributed by atoms with Crippen LogP contribution < -0.4 is 5.32 Å². The molecule has 0 atom stereocenters. The van der Waals surface area contributed by atoms with E-state index in [1.807, 2.05) is 23.1 Å². The van der Waals surface area contributed by atoms with Gasteiger partial charge in [-0.3, -0.25) is 0 Å². The minimum atomic E-state index is 0. The van der Waals surface area contributed by atoms with Crippen LogP contribution in [0.4, 0.5) is 0 Å². The first-order valence-electron chi connectivity index (χ1n) is 5.27. The Morgan fingerprint density at radius 2 is 2.25 bits per heavy atom. The maximum Gasteiger partial charge on any atom is 0.0438 e. The van der Waals surface area contributed by atoms with Gasteiger partial charge >= 0.3 is 0 Å². The smallest absolute Gasteiger partial charge is 0.0438 e. The summed E-state index contributed by atoms with van der Waals surface area (Å²) >= 11 is 3.72. The number of nitrogens with one attached hydrogen (secondary N) is 1. The van der Waals surface area contributed by atoms with Gasteiger partial charge in [-0.05, 0) is 36.1 Å². The molecule has 0 amide bonds. The molecule has 0 spiro atoms. The lowest BCUT2D eigenvalue weighted by molar-refractivity contribution is 0.296. The van der Waals surface area contributed by atoms with E-state index in [4.69, 9.17) is 5.11 Å². The summed E-state index contributed by atoms with van der Waals surface area (Å²) in [4.78, 5) is 1.44. The summed E-state index contributed by atoms with van der Waals surface area (Å²) < 4.78 is 0. The van der Waals surface area contributed by atoms with Gasteiger partial charge in [0.05, 0.1) is 0 Å². The van der Waals surface area contributed by atoms with Gasteiger partial charge in [-0.15, -0.1) is 23.7 Å². The normalized spacial score (nSPS) is 10.1. The van der Waals surface area contributed by atoms with E-state index in [2.05, 4.69) is 23.7 Å². The molecule has 0 aromatic carbocycles. The maximum absolute atomic E-state index is 8.60. The van der Waals surface area contributed by atoms with Crippen molar-refractivity contribution in [3.8, 4) is 0 Å². The third-order valence-corrected chi connectivity index (χ3v) is 4.22. The number of aliphatic hydroxyl groups excluding tert-OH is 1. The van der Waals surface area contributed by atoms with Gasteiger partial charge in [0.15, 0.2) is 0 Å². The monoisotopic (exact) mass is 281 g/mol. The van der Waals surface area contributed by atoms with Crippen molar-refractivity contribution < 1.29 is 5.11 Å². The van der Waals surface area contributed by atoms with Crippen molar-refractivity contribution in [2.75, 3.05) is 24.7 Å². The van der Waals surface area contributed by atoms with E-state index in [1.165, 1.54) is 10.4 Å². The molecule has 0 saturated heterocycles. The summed E-state index contributed by atoms with van der Waals surface area (Å²) in [5, 5.41) is 14.2. The van der Waals surface area contributed by atoms with Crippen LogP contribution in [0.3, 0.4) is 0 Å². The molecule has 0 aliphatic heterocycles. The highest BCUT2D eigenvalue weighted by atomic mass is 35.5. The molecule has 5 heteroatoms. The molecule has 0 aliphatic carbocycles. The Balaban J connectivity index is 0.00000225. The number of rotatable bonds is 8. The Morgan fingerprint density at radius 3 is 2.88 bits per heavy atom. The number of hydrogen-bond donors (Lipinski definition) is 2. The van der Waals surface area contributed by atoms with Crippen LogP contribution >= 0.6 is 35.5 Å². The zero-order valence-electron chi connectivity index (χ0n) is 9.57. The van der Waals surface area contributed by atoms with Gasteiger partial charge in [0, 0.05) is 30.3 Å². The Labute approximate surface area is 112 Å². The number of thioether (sulfide) groups is 1. The Hall–Kier alpha value is 0.260. The van der Waals surface area contributed by atoms with E-state index in [9.17, 15) is 0 Å². The van der Waals surface area contributed by atoms with Gasteiger partial charge in [0.2, 0.25) is 0 Å². The van der Waals surface area contributed by atoms with Crippen LogP contribution in [-0.2, 0) is 6.54 Å². The number of aliphatic hydroxyl groups is 1. The number of thiophene rings is 1. The van der Waals surface area contributed by atoms with Crippen molar-refractivity contribution in [1.82, 2.24) is 5.32 Å². The second-order valence-corrected chi connectivity index (χ2v) is 5.62. The Bertz CT molecular complexity index is 268. The Morgan fingerprint density at radius 1 is 1.44 bits per heavy atom. The second-order valence-electron chi connectivity index (χ2n) is 3.39. The van der Waals surface area contributed by atoms with E-state index < -0.39 is 0 Å². The number of hydrogen-bond acceptors (Lipinski definition) is 4. The van der Waals surface area contributed by atoms with Gasteiger partial charge in [-0.25, -0.2) is 0 Å². The first-order chi connectivity index (χ1) is 7.34. The lowest BCUT2D eigenvalue weighted by Gasteiger charge is -2.03.